The quantitative estimate of drug-likeness (QED) is 0.753. The van der Waals surface area contributed by atoms with E-state index in [-0.39, 0.29) is 5.41 Å². The zero-order valence-electron chi connectivity index (χ0n) is 9.61. The molecule has 0 saturated heterocycles. The molecule has 1 nitrogen and oxygen atoms in total. The van der Waals surface area contributed by atoms with Gasteiger partial charge in [0.15, 0.2) is 0 Å². The minimum atomic E-state index is -0.0731. The van der Waals surface area contributed by atoms with Crippen LogP contribution in [0.3, 0.4) is 0 Å². The van der Waals surface area contributed by atoms with E-state index in [1.165, 1.54) is 18.4 Å². The maximum Gasteiger partial charge on any atom is 0.146 e. The number of hydrogen-bond acceptors (Lipinski definition) is 1. The number of ketones is 1. The van der Waals surface area contributed by atoms with Gasteiger partial charge in [0.2, 0.25) is 0 Å². The third kappa shape index (κ3) is 1.50. The molecule has 2 aliphatic rings. The molecule has 1 aromatic carbocycles. The van der Waals surface area contributed by atoms with Crippen molar-refractivity contribution in [3.8, 4) is 0 Å². The Bertz CT molecular complexity index is 383. The summed E-state index contributed by atoms with van der Waals surface area (Å²) in [5.41, 5.74) is 1.18. The maximum absolute atomic E-state index is 12.5. The normalized spacial score (nSPS) is 23.2. The van der Waals surface area contributed by atoms with Crippen molar-refractivity contribution in [1.82, 2.24) is 0 Å². The molecule has 0 unspecified atom stereocenters. The fraction of sp³-hybridized carbons (Fsp3) is 0.533. The van der Waals surface area contributed by atoms with Crippen molar-refractivity contribution in [3.63, 3.8) is 0 Å². The third-order valence-electron chi connectivity index (χ3n) is 4.27. The maximum atomic E-state index is 12.5. The van der Waals surface area contributed by atoms with Crippen LogP contribution in [0.25, 0.3) is 0 Å². The first-order chi connectivity index (χ1) is 7.83. The van der Waals surface area contributed by atoms with Crippen LogP contribution in [0.4, 0.5) is 0 Å². The molecule has 1 aromatic rings. The highest BCUT2D eigenvalue weighted by Crippen LogP contribution is 2.52. The van der Waals surface area contributed by atoms with Gasteiger partial charge in [0.05, 0.1) is 5.41 Å². The van der Waals surface area contributed by atoms with Crippen LogP contribution in [0.15, 0.2) is 30.3 Å². The van der Waals surface area contributed by atoms with Crippen LogP contribution in [0.1, 0.15) is 44.1 Å². The molecule has 0 radical (unpaired) electrons. The summed E-state index contributed by atoms with van der Waals surface area (Å²) in [5, 5.41) is 0. The molecule has 2 fully saturated rings. The van der Waals surface area contributed by atoms with E-state index in [1.54, 1.807) is 0 Å². The second kappa shape index (κ2) is 3.73. The molecule has 0 N–H and O–H groups in total. The SMILES string of the molecule is O=C(C1CCCC1)C1(c2ccccc2)CC1. The molecule has 84 valence electrons. The average Bonchev–Trinajstić information content (AvgIpc) is 2.97. The standard InChI is InChI=1S/C15H18O/c16-14(12-6-4-5-7-12)15(10-11-15)13-8-2-1-3-9-13/h1-3,8-9,12H,4-7,10-11H2. The number of carbonyl (C=O) groups is 1. The van der Waals surface area contributed by atoms with Gasteiger partial charge in [0.1, 0.15) is 5.78 Å². The summed E-state index contributed by atoms with van der Waals surface area (Å²) in [6.45, 7) is 0. The molecule has 0 aliphatic heterocycles. The molecule has 3 rings (SSSR count). The van der Waals surface area contributed by atoms with Crippen molar-refractivity contribution < 1.29 is 4.79 Å². The second-order valence-corrected chi connectivity index (χ2v) is 5.29. The smallest absolute Gasteiger partial charge is 0.146 e. The lowest BCUT2D eigenvalue weighted by Gasteiger charge is -2.18. The van der Waals surface area contributed by atoms with Crippen LogP contribution in [-0.4, -0.2) is 5.78 Å². The van der Waals surface area contributed by atoms with Crippen LogP contribution in [-0.2, 0) is 10.2 Å². The fourth-order valence-electron chi connectivity index (χ4n) is 3.14. The van der Waals surface area contributed by atoms with Crippen LogP contribution >= 0.6 is 0 Å². The lowest BCUT2D eigenvalue weighted by atomic mass is 9.84. The van der Waals surface area contributed by atoms with Gasteiger partial charge in [0.25, 0.3) is 0 Å². The lowest BCUT2D eigenvalue weighted by molar-refractivity contribution is -0.125. The van der Waals surface area contributed by atoms with Crippen LogP contribution < -0.4 is 0 Å². The molecule has 0 amide bonds. The molecule has 2 aliphatic carbocycles. The number of Topliss-reactive ketones (excluding diaryl/α,β-unsaturated/α-hetero) is 1. The summed E-state index contributed by atoms with van der Waals surface area (Å²) < 4.78 is 0. The second-order valence-electron chi connectivity index (χ2n) is 5.29. The van der Waals surface area contributed by atoms with Gasteiger partial charge < -0.3 is 0 Å². The minimum absolute atomic E-state index is 0.0731. The third-order valence-corrected chi connectivity index (χ3v) is 4.27. The highest BCUT2D eigenvalue weighted by Gasteiger charge is 2.52. The zero-order valence-corrected chi connectivity index (χ0v) is 9.61. The first-order valence-corrected chi connectivity index (χ1v) is 6.43. The Balaban J connectivity index is 1.86. The largest absolute Gasteiger partial charge is 0.298 e. The molecule has 0 heterocycles. The number of rotatable bonds is 3. The van der Waals surface area contributed by atoms with Gasteiger partial charge in [-0.3, -0.25) is 4.79 Å². The predicted octanol–water partition coefficient (Wildman–Crippen LogP) is 3.48. The average molecular weight is 214 g/mol. The van der Waals surface area contributed by atoms with E-state index in [9.17, 15) is 4.79 Å². The number of carbonyl (C=O) groups excluding carboxylic acids is 1. The summed E-state index contributed by atoms with van der Waals surface area (Å²) in [7, 11) is 0. The van der Waals surface area contributed by atoms with Crippen LogP contribution in [0, 0.1) is 5.92 Å². The molecule has 1 heteroatoms. The van der Waals surface area contributed by atoms with E-state index >= 15 is 0 Å². The van der Waals surface area contributed by atoms with E-state index in [0.717, 1.165) is 25.7 Å². The van der Waals surface area contributed by atoms with Gasteiger partial charge in [-0.2, -0.15) is 0 Å². The van der Waals surface area contributed by atoms with Gasteiger partial charge in [-0.15, -0.1) is 0 Å². The van der Waals surface area contributed by atoms with Crippen molar-refractivity contribution in [2.45, 2.75) is 43.9 Å². The molecule has 0 bridgehead atoms. The fourth-order valence-corrected chi connectivity index (χ4v) is 3.14. The van der Waals surface area contributed by atoms with E-state index < -0.39 is 0 Å². The highest BCUT2D eigenvalue weighted by molar-refractivity contribution is 5.95. The van der Waals surface area contributed by atoms with Crippen molar-refractivity contribution in [2.75, 3.05) is 0 Å². The van der Waals surface area contributed by atoms with Crippen molar-refractivity contribution >= 4 is 5.78 Å². The van der Waals surface area contributed by atoms with Crippen molar-refractivity contribution in [1.29, 1.82) is 0 Å². The van der Waals surface area contributed by atoms with Gasteiger partial charge in [0, 0.05) is 5.92 Å². The predicted molar refractivity (Wildman–Crippen MR) is 64.3 cm³/mol. The zero-order chi connectivity index (χ0) is 11.0. The first kappa shape index (κ1) is 10.1. The lowest BCUT2D eigenvalue weighted by Crippen LogP contribution is -2.26. The molecular formula is C15H18O. The number of benzene rings is 1. The van der Waals surface area contributed by atoms with E-state index in [4.69, 9.17) is 0 Å². The molecular weight excluding hydrogens is 196 g/mol. The van der Waals surface area contributed by atoms with Crippen molar-refractivity contribution in [2.24, 2.45) is 5.92 Å². The molecule has 0 spiro atoms. The number of hydrogen-bond donors (Lipinski definition) is 0. The van der Waals surface area contributed by atoms with Crippen molar-refractivity contribution in [3.05, 3.63) is 35.9 Å². The Morgan fingerprint density at radius 1 is 1.06 bits per heavy atom. The molecule has 0 atom stereocenters. The van der Waals surface area contributed by atoms with E-state index in [0.29, 0.717) is 11.7 Å². The summed E-state index contributed by atoms with van der Waals surface area (Å²) in [6.07, 6.45) is 6.92. The summed E-state index contributed by atoms with van der Waals surface area (Å²) >= 11 is 0. The molecule has 2 saturated carbocycles. The molecule has 16 heavy (non-hydrogen) atoms. The van der Waals surface area contributed by atoms with E-state index in [1.807, 2.05) is 6.07 Å². The Kier molecular flexibility index (Phi) is 2.34. The highest BCUT2D eigenvalue weighted by atomic mass is 16.1. The van der Waals surface area contributed by atoms with Gasteiger partial charge in [-0.25, -0.2) is 0 Å². The Labute approximate surface area is 96.9 Å². The Morgan fingerprint density at radius 3 is 2.25 bits per heavy atom. The summed E-state index contributed by atoms with van der Waals surface area (Å²) in [4.78, 5) is 12.5. The molecule has 0 aromatic heterocycles. The van der Waals surface area contributed by atoms with Crippen LogP contribution in [0.5, 0.6) is 0 Å². The topological polar surface area (TPSA) is 17.1 Å². The van der Waals surface area contributed by atoms with Gasteiger partial charge >= 0.3 is 0 Å². The Morgan fingerprint density at radius 2 is 1.69 bits per heavy atom. The van der Waals surface area contributed by atoms with E-state index in [2.05, 4.69) is 24.3 Å². The summed E-state index contributed by atoms with van der Waals surface area (Å²) in [5.74, 6) is 0.902. The van der Waals surface area contributed by atoms with Gasteiger partial charge in [-0.05, 0) is 31.2 Å². The monoisotopic (exact) mass is 214 g/mol. The summed E-state index contributed by atoms with van der Waals surface area (Å²) in [6, 6.07) is 10.4. The van der Waals surface area contributed by atoms with Gasteiger partial charge in [-0.1, -0.05) is 43.2 Å². The van der Waals surface area contributed by atoms with Crippen LogP contribution in [0.2, 0.25) is 0 Å². The Hall–Kier alpha value is -1.11. The first-order valence-electron chi connectivity index (χ1n) is 6.43. The minimum Gasteiger partial charge on any atom is -0.298 e.